The van der Waals surface area contributed by atoms with Crippen LogP contribution in [0, 0.1) is 0 Å². The maximum Gasteiger partial charge on any atom is 0.287 e. The minimum absolute atomic E-state index is 0.102. The molecule has 1 aliphatic heterocycles. The van der Waals surface area contributed by atoms with Crippen LogP contribution in [0.3, 0.4) is 0 Å². The Bertz CT molecular complexity index is 1240. The summed E-state index contributed by atoms with van der Waals surface area (Å²) in [6.45, 7) is 0. The number of amides is 2. The van der Waals surface area contributed by atoms with Crippen LogP contribution >= 0.6 is 0 Å². The minimum Gasteiger partial charge on any atom is -0.266 e. The van der Waals surface area contributed by atoms with Crippen molar-refractivity contribution in [2.24, 2.45) is 0 Å². The van der Waals surface area contributed by atoms with Gasteiger partial charge in [-0.15, -0.1) is 9.35 Å². The van der Waals surface area contributed by atoms with Gasteiger partial charge in [0.2, 0.25) is 0 Å². The predicted octanol–water partition coefficient (Wildman–Crippen LogP) is 3.01. The molecule has 2 amide bonds. The molecular weight excluding hydrogens is 378 g/mol. The zero-order valence-corrected chi connectivity index (χ0v) is 15.6. The third kappa shape index (κ3) is 3.11. The molecule has 4 rings (SSSR count). The van der Waals surface area contributed by atoms with E-state index in [1.807, 2.05) is 30.3 Å². The van der Waals surface area contributed by atoms with E-state index in [4.69, 9.17) is 4.28 Å². The molecule has 0 radical (unpaired) electrons. The van der Waals surface area contributed by atoms with Gasteiger partial charge in [-0.25, -0.2) is 0 Å². The van der Waals surface area contributed by atoms with Gasteiger partial charge in [-0.1, -0.05) is 72.8 Å². The van der Waals surface area contributed by atoms with Crippen molar-refractivity contribution >= 4 is 43.9 Å². The molecule has 0 saturated carbocycles. The van der Waals surface area contributed by atoms with Gasteiger partial charge in [-0.2, -0.15) is 8.42 Å². The molecule has 0 fully saturated rings. The van der Waals surface area contributed by atoms with E-state index in [0.717, 1.165) is 17.0 Å². The summed E-state index contributed by atoms with van der Waals surface area (Å²) in [6, 6.07) is 21.5. The summed E-state index contributed by atoms with van der Waals surface area (Å²) in [5, 5.41) is 1.98. The van der Waals surface area contributed by atoms with Gasteiger partial charge in [0, 0.05) is 0 Å². The summed E-state index contributed by atoms with van der Waals surface area (Å²) >= 11 is 0. The second-order valence-electron chi connectivity index (χ2n) is 6.33. The van der Waals surface area contributed by atoms with Crippen LogP contribution in [-0.4, -0.2) is 31.6 Å². The Balaban J connectivity index is 2.00. The summed E-state index contributed by atoms with van der Waals surface area (Å²) in [5.74, 6) is -1.63. The van der Waals surface area contributed by atoms with Crippen LogP contribution in [0.2, 0.25) is 0 Å². The van der Waals surface area contributed by atoms with Gasteiger partial charge in [0.25, 0.3) is 21.9 Å². The molecule has 0 saturated heterocycles. The largest absolute Gasteiger partial charge is 0.287 e. The van der Waals surface area contributed by atoms with Crippen LogP contribution < -0.4 is 0 Å². The van der Waals surface area contributed by atoms with E-state index >= 15 is 0 Å². The lowest BCUT2D eigenvalue weighted by Gasteiger charge is -2.12. The van der Waals surface area contributed by atoms with Crippen LogP contribution in [0.1, 0.15) is 11.1 Å². The van der Waals surface area contributed by atoms with Crippen molar-refractivity contribution in [1.82, 2.24) is 5.06 Å². The minimum atomic E-state index is -4.07. The van der Waals surface area contributed by atoms with Crippen LogP contribution in [0.4, 0.5) is 0 Å². The van der Waals surface area contributed by atoms with Crippen molar-refractivity contribution in [2.75, 3.05) is 6.26 Å². The first-order valence-electron chi connectivity index (χ1n) is 8.43. The zero-order chi connectivity index (χ0) is 19.9. The van der Waals surface area contributed by atoms with E-state index in [1.54, 1.807) is 42.5 Å². The molecule has 0 N–H and O–H groups in total. The summed E-state index contributed by atoms with van der Waals surface area (Å²) < 4.78 is 27.9. The first-order chi connectivity index (χ1) is 13.4. The molecule has 3 aromatic carbocycles. The van der Waals surface area contributed by atoms with Gasteiger partial charge in [0.05, 0.1) is 17.4 Å². The maximum atomic E-state index is 13.1. The van der Waals surface area contributed by atoms with E-state index in [1.165, 1.54) is 0 Å². The number of hydrogen-bond donors (Lipinski definition) is 0. The third-order valence-corrected chi connectivity index (χ3v) is 4.80. The lowest BCUT2D eigenvalue weighted by atomic mass is 9.93. The van der Waals surface area contributed by atoms with Crippen LogP contribution in [-0.2, 0) is 24.0 Å². The molecular formula is C21H15NO5S. The van der Waals surface area contributed by atoms with Gasteiger partial charge in [0.1, 0.15) is 0 Å². The van der Waals surface area contributed by atoms with Crippen molar-refractivity contribution in [1.29, 1.82) is 0 Å². The highest BCUT2D eigenvalue weighted by molar-refractivity contribution is 7.85. The highest BCUT2D eigenvalue weighted by Gasteiger charge is 2.43. The van der Waals surface area contributed by atoms with Crippen LogP contribution in [0.15, 0.2) is 72.8 Å². The third-order valence-electron chi connectivity index (χ3n) is 4.38. The maximum absolute atomic E-state index is 13.1. The van der Waals surface area contributed by atoms with E-state index in [2.05, 4.69) is 0 Å². The number of imide groups is 1. The molecule has 7 heteroatoms. The molecule has 6 nitrogen and oxygen atoms in total. The molecule has 0 unspecified atom stereocenters. The van der Waals surface area contributed by atoms with E-state index in [-0.39, 0.29) is 11.1 Å². The van der Waals surface area contributed by atoms with Crippen molar-refractivity contribution in [3.8, 4) is 0 Å². The molecule has 1 aliphatic rings. The Morgan fingerprint density at radius 3 is 2.07 bits per heavy atom. The fraction of sp³-hybridized carbons (Fsp3) is 0.0476. The average Bonchev–Trinajstić information content (AvgIpc) is 2.91. The molecule has 0 spiro atoms. The van der Waals surface area contributed by atoms with Crippen LogP contribution in [0.25, 0.3) is 21.9 Å². The number of benzene rings is 3. The smallest absolute Gasteiger partial charge is 0.266 e. The van der Waals surface area contributed by atoms with Gasteiger partial charge in [-0.05, 0) is 21.9 Å². The fourth-order valence-electron chi connectivity index (χ4n) is 3.28. The Morgan fingerprint density at radius 2 is 1.36 bits per heavy atom. The monoisotopic (exact) mass is 393 g/mol. The Kier molecular flexibility index (Phi) is 4.33. The average molecular weight is 393 g/mol. The number of fused-ring (bicyclic) bond motifs is 1. The summed E-state index contributed by atoms with van der Waals surface area (Å²) in [7, 11) is -4.07. The molecule has 0 aliphatic carbocycles. The molecule has 0 aromatic heterocycles. The Morgan fingerprint density at radius 1 is 0.750 bits per heavy atom. The molecule has 0 atom stereocenters. The molecule has 0 bridgehead atoms. The van der Waals surface area contributed by atoms with Gasteiger partial charge in [-0.3, -0.25) is 9.59 Å². The summed E-state index contributed by atoms with van der Waals surface area (Å²) in [6.07, 6.45) is 0.783. The second kappa shape index (κ2) is 6.70. The van der Waals surface area contributed by atoms with Gasteiger partial charge >= 0.3 is 0 Å². The first-order valence-corrected chi connectivity index (χ1v) is 10.2. The predicted molar refractivity (Wildman–Crippen MR) is 105 cm³/mol. The first kappa shape index (κ1) is 18.1. The van der Waals surface area contributed by atoms with Crippen LogP contribution in [0.5, 0.6) is 0 Å². The quantitative estimate of drug-likeness (QED) is 0.637. The standard InChI is InChI=1S/C21H15NO5S/c1-28(25,26)27-22-20(23)18(15-9-3-2-4-10-15)19(21(22)24)17-13-7-11-14-8-5-6-12-16(14)17/h2-13H,1H3. The SMILES string of the molecule is CS(=O)(=O)ON1C(=O)C(c2ccccc2)=C(c2cccc3ccccc23)C1=O. The summed E-state index contributed by atoms with van der Waals surface area (Å²) in [4.78, 5) is 26.1. The lowest BCUT2D eigenvalue weighted by Crippen LogP contribution is -2.33. The normalized spacial score (nSPS) is 15.0. The Labute approximate surface area is 161 Å². The molecule has 1 heterocycles. The number of hydroxylamine groups is 2. The van der Waals surface area contributed by atoms with E-state index in [0.29, 0.717) is 16.2 Å². The highest BCUT2D eigenvalue weighted by Crippen LogP contribution is 2.38. The molecule has 3 aromatic rings. The topological polar surface area (TPSA) is 80.8 Å². The number of carbonyl (C=O) groups excluding carboxylic acids is 2. The second-order valence-corrected chi connectivity index (χ2v) is 7.88. The lowest BCUT2D eigenvalue weighted by molar-refractivity contribution is -0.160. The molecule has 140 valence electrons. The van der Waals surface area contributed by atoms with Gasteiger partial charge in [0.15, 0.2) is 0 Å². The number of nitrogens with zero attached hydrogens (tertiary/aromatic N) is 1. The Hall–Kier alpha value is -3.29. The number of rotatable bonds is 4. The zero-order valence-electron chi connectivity index (χ0n) is 14.8. The van der Waals surface area contributed by atoms with E-state index < -0.39 is 21.9 Å². The number of hydrogen-bond acceptors (Lipinski definition) is 5. The fourth-order valence-corrected chi connectivity index (χ4v) is 3.68. The van der Waals surface area contributed by atoms with Crippen molar-refractivity contribution in [3.63, 3.8) is 0 Å². The van der Waals surface area contributed by atoms with Gasteiger partial charge < -0.3 is 0 Å². The summed E-state index contributed by atoms with van der Waals surface area (Å²) in [5.41, 5.74) is 1.25. The van der Waals surface area contributed by atoms with Crippen molar-refractivity contribution in [3.05, 3.63) is 83.9 Å². The van der Waals surface area contributed by atoms with Crippen molar-refractivity contribution < 1.29 is 22.3 Å². The highest BCUT2D eigenvalue weighted by atomic mass is 32.2. The molecule has 28 heavy (non-hydrogen) atoms. The van der Waals surface area contributed by atoms with Crippen molar-refractivity contribution in [2.45, 2.75) is 0 Å². The number of carbonyl (C=O) groups is 2. The van der Waals surface area contributed by atoms with E-state index in [9.17, 15) is 18.0 Å².